The predicted octanol–water partition coefficient (Wildman–Crippen LogP) is 0.914. The van der Waals surface area contributed by atoms with E-state index < -0.39 is 5.60 Å². The summed E-state index contributed by atoms with van der Waals surface area (Å²) in [5.74, 6) is 0. The molecule has 3 atom stereocenters. The molecule has 2 N–H and O–H groups in total. The first-order chi connectivity index (χ1) is 6.08. The molecule has 0 bridgehead atoms. The van der Waals surface area contributed by atoms with Crippen molar-refractivity contribution in [2.45, 2.75) is 51.4 Å². The fourth-order valence-electron chi connectivity index (χ4n) is 1.99. The Morgan fingerprint density at radius 1 is 1.69 bits per heavy atom. The minimum absolute atomic E-state index is 0.156. The van der Waals surface area contributed by atoms with Gasteiger partial charge in [0.1, 0.15) is 0 Å². The van der Waals surface area contributed by atoms with Crippen LogP contribution in [0.25, 0.3) is 0 Å². The van der Waals surface area contributed by atoms with Crippen molar-refractivity contribution >= 4 is 0 Å². The Labute approximate surface area is 80.5 Å². The van der Waals surface area contributed by atoms with E-state index in [9.17, 15) is 5.11 Å². The first-order valence-electron chi connectivity index (χ1n) is 5.16. The fourth-order valence-corrected chi connectivity index (χ4v) is 1.99. The van der Waals surface area contributed by atoms with Crippen LogP contribution in [-0.4, -0.2) is 36.0 Å². The van der Waals surface area contributed by atoms with Crippen LogP contribution in [0.2, 0.25) is 0 Å². The molecule has 1 heterocycles. The van der Waals surface area contributed by atoms with Gasteiger partial charge in [0.15, 0.2) is 0 Å². The monoisotopic (exact) mass is 187 g/mol. The van der Waals surface area contributed by atoms with Gasteiger partial charge in [0.2, 0.25) is 0 Å². The zero-order valence-electron chi connectivity index (χ0n) is 8.84. The van der Waals surface area contributed by atoms with Crippen molar-refractivity contribution in [2.24, 2.45) is 0 Å². The van der Waals surface area contributed by atoms with Crippen LogP contribution in [0.3, 0.4) is 0 Å². The first kappa shape index (κ1) is 11.0. The Hall–Kier alpha value is -0.120. The largest absolute Gasteiger partial charge is 0.388 e. The van der Waals surface area contributed by atoms with Crippen molar-refractivity contribution < 1.29 is 9.84 Å². The molecule has 0 aromatic heterocycles. The van der Waals surface area contributed by atoms with E-state index in [1.807, 2.05) is 13.8 Å². The molecular formula is C10H21NO2. The molecule has 0 aromatic rings. The van der Waals surface area contributed by atoms with E-state index >= 15 is 0 Å². The third-order valence-electron chi connectivity index (χ3n) is 2.89. The highest BCUT2D eigenvalue weighted by Gasteiger charge is 2.37. The molecule has 1 rings (SSSR count). The molecule has 0 saturated carbocycles. The second-order valence-electron chi connectivity index (χ2n) is 4.02. The molecule has 13 heavy (non-hydrogen) atoms. The Morgan fingerprint density at radius 3 is 2.92 bits per heavy atom. The highest BCUT2D eigenvalue weighted by Crippen LogP contribution is 2.27. The Morgan fingerprint density at radius 2 is 2.38 bits per heavy atom. The van der Waals surface area contributed by atoms with Gasteiger partial charge in [-0.15, -0.1) is 0 Å². The molecule has 0 spiro atoms. The maximum atomic E-state index is 10.3. The van der Waals surface area contributed by atoms with E-state index in [1.165, 1.54) is 0 Å². The summed E-state index contributed by atoms with van der Waals surface area (Å²) < 4.78 is 5.41. The number of aliphatic hydroxyl groups is 1. The van der Waals surface area contributed by atoms with Crippen LogP contribution < -0.4 is 5.32 Å². The van der Waals surface area contributed by atoms with E-state index in [2.05, 4.69) is 12.2 Å². The summed E-state index contributed by atoms with van der Waals surface area (Å²) in [6, 6.07) is 0.156. The van der Waals surface area contributed by atoms with E-state index in [0.717, 1.165) is 19.4 Å². The standard InChI is InChI=1S/C10H21NO2/c1-4-11-9(3)10(12)5-6-13-8(2)7-10/h8-9,11-12H,4-7H2,1-3H3. The maximum Gasteiger partial charge on any atom is 0.0843 e. The van der Waals surface area contributed by atoms with Crippen molar-refractivity contribution in [3.05, 3.63) is 0 Å². The van der Waals surface area contributed by atoms with Crippen LogP contribution in [0.5, 0.6) is 0 Å². The lowest BCUT2D eigenvalue weighted by atomic mass is 9.84. The van der Waals surface area contributed by atoms with Gasteiger partial charge in [-0.25, -0.2) is 0 Å². The van der Waals surface area contributed by atoms with Crippen molar-refractivity contribution in [1.29, 1.82) is 0 Å². The van der Waals surface area contributed by atoms with Crippen molar-refractivity contribution in [3.8, 4) is 0 Å². The van der Waals surface area contributed by atoms with E-state index in [1.54, 1.807) is 0 Å². The van der Waals surface area contributed by atoms with Crippen molar-refractivity contribution in [2.75, 3.05) is 13.2 Å². The van der Waals surface area contributed by atoms with Gasteiger partial charge in [-0.2, -0.15) is 0 Å². The molecule has 1 aliphatic heterocycles. The molecule has 3 unspecified atom stereocenters. The fraction of sp³-hybridized carbons (Fsp3) is 1.00. The van der Waals surface area contributed by atoms with E-state index in [4.69, 9.17) is 4.74 Å². The minimum atomic E-state index is -0.576. The summed E-state index contributed by atoms with van der Waals surface area (Å²) in [6.45, 7) is 7.69. The van der Waals surface area contributed by atoms with Gasteiger partial charge in [-0.1, -0.05) is 6.92 Å². The van der Waals surface area contributed by atoms with Crippen LogP contribution in [0.4, 0.5) is 0 Å². The summed E-state index contributed by atoms with van der Waals surface area (Å²) in [6.07, 6.45) is 1.66. The predicted molar refractivity (Wildman–Crippen MR) is 52.7 cm³/mol. The highest BCUT2D eigenvalue weighted by molar-refractivity contribution is 4.92. The lowest BCUT2D eigenvalue weighted by Crippen LogP contribution is -2.53. The van der Waals surface area contributed by atoms with Crippen LogP contribution in [0, 0.1) is 0 Å². The number of rotatable bonds is 3. The van der Waals surface area contributed by atoms with E-state index in [-0.39, 0.29) is 12.1 Å². The van der Waals surface area contributed by atoms with Crippen molar-refractivity contribution in [1.82, 2.24) is 5.32 Å². The van der Waals surface area contributed by atoms with Gasteiger partial charge < -0.3 is 15.2 Å². The second kappa shape index (κ2) is 4.40. The normalized spacial score (nSPS) is 37.4. The summed E-state index contributed by atoms with van der Waals surface area (Å²) in [5.41, 5.74) is -0.576. The zero-order valence-corrected chi connectivity index (χ0v) is 8.84. The molecule has 3 nitrogen and oxygen atoms in total. The average Bonchev–Trinajstić information content (AvgIpc) is 2.04. The molecular weight excluding hydrogens is 166 g/mol. The van der Waals surface area contributed by atoms with Gasteiger partial charge in [0, 0.05) is 25.5 Å². The topological polar surface area (TPSA) is 41.5 Å². The summed E-state index contributed by atoms with van der Waals surface area (Å²) in [7, 11) is 0. The maximum absolute atomic E-state index is 10.3. The van der Waals surface area contributed by atoms with Gasteiger partial charge in [0.25, 0.3) is 0 Å². The van der Waals surface area contributed by atoms with E-state index in [0.29, 0.717) is 6.61 Å². The molecule has 1 aliphatic rings. The molecule has 0 aromatic carbocycles. The Bertz CT molecular complexity index is 163. The Kier molecular flexibility index (Phi) is 3.71. The number of ether oxygens (including phenoxy) is 1. The van der Waals surface area contributed by atoms with Gasteiger partial charge in [0.05, 0.1) is 11.7 Å². The molecule has 0 aliphatic carbocycles. The van der Waals surface area contributed by atoms with Gasteiger partial charge in [-0.05, 0) is 20.4 Å². The summed E-state index contributed by atoms with van der Waals surface area (Å²) in [4.78, 5) is 0. The van der Waals surface area contributed by atoms with Gasteiger partial charge in [-0.3, -0.25) is 0 Å². The lowest BCUT2D eigenvalue weighted by Gasteiger charge is -2.40. The molecule has 1 fully saturated rings. The lowest BCUT2D eigenvalue weighted by molar-refractivity contribution is -0.111. The number of hydrogen-bond donors (Lipinski definition) is 2. The first-order valence-corrected chi connectivity index (χ1v) is 5.16. The van der Waals surface area contributed by atoms with Crippen molar-refractivity contribution in [3.63, 3.8) is 0 Å². The van der Waals surface area contributed by atoms with Crippen LogP contribution in [0.15, 0.2) is 0 Å². The van der Waals surface area contributed by atoms with Gasteiger partial charge >= 0.3 is 0 Å². The zero-order chi connectivity index (χ0) is 9.90. The number of nitrogens with one attached hydrogen (secondary N) is 1. The SMILES string of the molecule is CCNC(C)C1(O)CCOC(C)C1. The molecule has 1 saturated heterocycles. The number of likely N-dealkylation sites (N-methyl/N-ethyl adjacent to an activating group) is 1. The minimum Gasteiger partial charge on any atom is -0.388 e. The molecule has 0 radical (unpaired) electrons. The molecule has 78 valence electrons. The third-order valence-corrected chi connectivity index (χ3v) is 2.89. The Balaban J connectivity index is 2.52. The smallest absolute Gasteiger partial charge is 0.0843 e. The van der Waals surface area contributed by atoms with Crippen LogP contribution in [-0.2, 0) is 4.74 Å². The quantitative estimate of drug-likeness (QED) is 0.690. The summed E-state index contributed by atoms with van der Waals surface area (Å²) >= 11 is 0. The summed E-state index contributed by atoms with van der Waals surface area (Å²) in [5, 5.41) is 13.6. The third kappa shape index (κ3) is 2.66. The highest BCUT2D eigenvalue weighted by atomic mass is 16.5. The number of hydrogen-bond acceptors (Lipinski definition) is 3. The van der Waals surface area contributed by atoms with Crippen LogP contribution >= 0.6 is 0 Å². The van der Waals surface area contributed by atoms with Crippen LogP contribution in [0.1, 0.15) is 33.6 Å². The second-order valence-corrected chi connectivity index (χ2v) is 4.02. The molecule has 0 amide bonds. The molecule has 3 heteroatoms. The average molecular weight is 187 g/mol.